The molecule has 0 spiro atoms. The van der Waals surface area contributed by atoms with Crippen LogP contribution >= 0.6 is 11.3 Å². The topological polar surface area (TPSA) is 47.8 Å². The summed E-state index contributed by atoms with van der Waals surface area (Å²) in [5, 5.41) is 4.82. The highest BCUT2D eigenvalue weighted by Crippen LogP contribution is 2.22. The van der Waals surface area contributed by atoms with Gasteiger partial charge in [0.1, 0.15) is 0 Å². The maximum atomic E-state index is 12.3. The van der Waals surface area contributed by atoms with E-state index < -0.39 is 0 Å². The van der Waals surface area contributed by atoms with Crippen LogP contribution in [0.25, 0.3) is 10.2 Å². The summed E-state index contributed by atoms with van der Waals surface area (Å²) >= 11 is 1.45. The Hall–Kier alpha value is -2.01. The molecular weight excluding hydrogens is 270 g/mol. The van der Waals surface area contributed by atoms with Gasteiger partial charge in [0.25, 0.3) is 0 Å². The van der Waals surface area contributed by atoms with Gasteiger partial charge in [-0.15, -0.1) is 11.3 Å². The predicted octanol–water partition coefficient (Wildman–Crippen LogP) is 3.33. The Morgan fingerprint density at radius 3 is 3.00 bits per heavy atom. The number of Topliss-reactive ketones (excluding diaryl/α,β-unsaturated/α-hetero) is 1. The van der Waals surface area contributed by atoms with Crippen molar-refractivity contribution in [3.8, 4) is 0 Å². The Bertz CT molecular complexity index is 711. The summed E-state index contributed by atoms with van der Waals surface area (Å²) in [6, 6.07) is 7.82. The quantitative estimate of drug-likeness (QED) is 0.676. The SMILES string of the molecule is CCCn1cc(CC(=O)c2nc3ccccc3s2)cn1. The first-order chi connectivity index (χ1) is 9.76. The van der Waals surface area contributed by atoms with Crippen molar-refractivity contribution in [1.82, 2.24) is 14.8 Å². The van der Waals surface area contributed by atoms with Gasteiger partial charge in [0.2, 0.25) is 0 Å². The summed E-state index contributed by atoms with van der Waals surface area (Å²) in [4.78, 5) is 16.7. The van der Waals surface area contributed by atoms with E-state index in [1.54, 1.807) is 6.20 Å². The van der Waals surface area contributed by atoms with Gasteiger partial charge >= 0.3 is 0 Å². The molecule has 0 aliphatic heterocycles. The average Bonchev–Trinajstić information content (AvgIpc) is 3.05. The molecule has 0 radical (unpaired) electrons. The van der Waals surface area contributed by atoms with Crippen molar-refractivity contribution in [1.29, 1.82) is 0 Å². The molecule has 0 unspecified atom stereocenters. The molecule has 0 aliphatic rings. The summed E-state index contributed by atoms with van der Waals surface area (Å²) in [5.41, 5.74) is 1.84. The molecule has 0 saturated carbocycles. The third kappa shape index (κ3) is 2.63. The normalized spacial score (nSPS) is 11.1. The van der Waals surface area contributed by atoms with Crippen LogP contribution in [0.15, 0.2) is 36.7 Å². The largest absolute Gasteiger partial charge is 0.291 e. The Balaban J connectivity index is 1.77. The minimum atomic E-state index is 0.0576. The highest BCUT2D eigenvalue weighted by molar-refractivity contribution is 7.20. The fourth-order valence-corrected chi connectivity index (χ4v) is 3.00. The highest BCUT2D eigenvalue weighted by atomic mass is 32.1. The fraction of sp³-hybridized carbons (Fsp3) is 0.267. The Morgan fingerprint density at radius 2 is 2.20 bits per heavy atom. The number of carbonyl (C=O) groups excluding carboxylic acids is 1. The first kappa shape index (κ1) is 13.0. The Labute approximate surface area is 121 Å². The lowest BCUT2D eigenvalue weighted by molar-refractivity contribution is 0.0993. The number of benzene rings is 1. The second-order valence-electron chi connectivity index (χ2n) is 4.70. The number of nitrogens with zero attached hydrogens (tertiary/aromatic N) is 3. The molecule has 0 aliphatic carbocycles. The van der Waals surface area contributed by atoms with Crippen LogP contribution in [0, 0.1) is 0 Å². The van der Waals surface area contributed by atoms with Crippen LogP contribution in [0.2, 0.25) is 0 Å². The van der Waals surface area contributed by atoms with Gasteiger partial charge in [0, 0.05) is 19.2 Å². The molecule has 3 aromatic rings. The van der Waals surface area contributed by atoms with Crippen LogP contribution in [-0.2, 0) is 13.0 Å². The zero-order valence-electron chi connectivity index (χ0n) is 11.2. The third-order valence-corrected chi connectivity index (χ3v) is 4.11. The molecule has 1 aromatic carbocycles. The molecular formula is C15H15N3OS. The first-order valence-electron chi connectivity index (χ1n) is 6.66. The minimum absolute atomic E-state index is 0.0576. The van der Waals surface area contributed by atoms with E-state index in [1.165, 1.54) is 11.3 Å². The monoisotopic (exact) mass is 285 g/mol. The van der Waals surface area contributed by atoms with E-state index in [9.17, 15) is 4.79 Å². The zero-order chi connectivity index (χ0) is 13.9. The van der Waals surface area contributed by atoms with Gasteiger partial charge in [-0.1, -0.05) is 19.1 Å². The smallest absolute Gasteiger partial charge is 0.195 e. The summed E-state index contributed by atoms with van der Waals surface area (Å²) < 4.78 is 2.93. The van der Waals surface area contributed by atoms with Gasteiger partial charge in [-0.2, -0.15) is 5.10 Å². The van der Waals surface area contributed by atoms with E-state index in [-0.39, 0.29) is 5.78 Å². The molecule has 0 fully saturated rings. The van der Waals surface area contributed by atoms with Crippen molar-refractivity contribution in [2.24, 2.45) is 0 Å². The van der Waals surface area contributed by atoms with E-state index >= 15 is 0 Å². The standard InChI is InChI=1S/C15H15N3OS/c1-2-7-18-10-11(9-16-18)8-13(19)15-17-12-5-3-4-6-14(12)20-15/h3-6,9-10H,2,7-8H2,1H3. The molecule has 0 bridgehead atoms. The number of ketones is 1. The molecule has 4 nitrogen and oxygen atoms in total. The van der Waals surface area contributed by atoms with E-state index in [1.807, 2.05) is 35.1 Å². The number of aryl methyl sites for hydroxylation is 1. The summed E-state index contributed by atoms with van der Waals surface area (Å²) in [7, 11) is 0. The first-order valence-corrected chi connectivity index (χ1v) is 7.48. The lowest BCUT2D eigenvalue weighted by atomic mass is 10.2. The van der Waals surface area contributed by atoms with E-state index in [0.29, 0.717) is 11.4 Å². The van der Waals surface area contributed by atoms with E-state index in [4.69, 9.17) is 0 Å². The molecule has 0 N–H and O–H groups in total. The number of fused-ring (bicyclic) bond motifs is 1. The third-order valence-electron chi connectivity index (χ3n) is 3.04. The van der Waals surface area contributed by atoms with Crippen molar-refractivity contribution >= 4 is 27.3 Å². The molecule has 20 heavy (non-hydrogen) atoms. The lowest BCUT2D eigenvalue weighted by Gasteiger charge is -1.95. The van der Waals surface area contributed by atoms with Gasteiger partial charge in [-0.3, -0.25) is 9.48 Å². The van der Waals surface area contributed by atoms with Crippen LogP contribution in [0.5, 0.6) is 0 Å². The van der Waals surface area contributed by atoms with E-state index in [2.05, 4.69) is 17.0 Å². The molecule has 5 heteroatoms. The summed E-state index contributed by atoms with van der Waals surface area (Å²) in [5.74, 6) is 0.0576. The Kier molecular flexibility index (Phi) is 3.60. The van der Waals surface area contributed by atoms with Crippen molar-refractivity contribution in [3.05, 3.63) is 47.2 Å². The van der Waals surface area contributed by atoms with Crippen molar-refractivity contribution in [3.63, 3.8) is 0 Å². The average molecular weight is 285 g/mol. The number of hydrogen-bond donors (Lipinski definition) is 0. The number of carbonyl (C=O) groups is 1. The van der Waals surface area contributed by atoms with Gasteiger partial charge < -0.3 is 0 Å². The number of aromatic nitrogens is 3. The summed E-state index contributed by atoms with van der Waals surface area (Å²) in [6.07, 6.45) is 5.10. The van der Waals surface area contributed by atoms with E-state index in [0.717, 1.165) is 28.7 Å². The van der Waals surface area contributed by atoms with Crippen molar-refractivity contribution in [2.75, 3.05) is 0 Å². The summed E-state index contributed by atoms with van der Waals surface area (Å²) in [6.45, 7) is 2.99. The molecule has 0 atom stereocenters. The molecule has 3 rings (SSSR count). The molecule has 0 amide bonds. The zero-order valence-corrected chi connectivity index (χ0v) is 12.1. The maximum Gasteiger partial charge on any atom is 0.195 e. The van der Waals surface area contributed by atoms with Gasteiger partial charge in [-0.05, 0) is 24.1 Å². The number of thiazole rings is 1. The number of hydrogen-bond acceptors (Lipinski definition) is 4. The van der Waals surface area contributed by atoms with Crippen LogP contribution in [0.3, 0.4) is 0 Å². The second kappa shape index (κ2) is 5.54. The van der Waals surface area contributed by atoms with Crippen LogP contribution in [0.4, 0.5) is 0 Å². The number of rotatable bonds is 5. The lowest BCUT2D eigenvalue weighted by Crippen LogP contribution is -2.02. The van der Waals surface area contributed by atoms with Crippen LogP contribution in [-0.4, -0.2) is 20.5 Å². The van der Waals surface area contributed by atoms with Crippen LogP contribution in [0.1, 0.15) is 28.7 Å². The minimum Gasteiger partial charge on any atom is -0.291 e. The maximum absolute atomic E-state index is 12.3. The van der Waals surface area contributed by atoms with Crippen molar-refractivity contribution < 1.29 is 4.79 Å². The second-order valence-corrected chi connectivity index (χ2v) is 5.73. The van der Waals surface area contributed by atoms with Gasteiger partial charge in [0.05, 0.1) is 16.4 Å². The highest BCUT2D eigenvalue weighted by Gasteiger charge is 2.13. The molecule has 0 saturated heterocycles. The molecule has 102 valence electrons. The Morgan fingerprint density at radius 1 is 1.35 bits per heavy atom. The fourth-order valence-electron chi connectivity index (χ4n) is 2.10. The molecule has 2 heterocycles. The predicted molar refractivity (Wildman–Crippen MR) is 80.2 cm³/mol. The van der Waals surface area contributed by atoms with Gasteiger partial charge in [-0.25, -0.2) is 4.98 Å². The molecule has 2 aromatic heterocycles. The number of para-hydroxylation sites is 1. The van der Waals surface area contributed by atoms with Gasteiger partial charge in [0.15, 0.2) is 10.8 Å². The van der Waals surface area contributed by atoms with Crippen LogP contribution < -0.4 is 0 Å². The van der Waals surface area contributed by atoms with Crippen molar-refractivity contribution in [2.45, 2.75) is 26.3 Å².